The van der Waals surface area contributed by atoms with E-state index in [0.29, 0.717) is 23.9 Å². The summed E-state index contributed by atoms with van der Waals surface area (Å²) in [5.74, 6) is 0.305. The van der Waals surface area contributed by atoms with Gasteiger partial charge in [0.1, 0.15) is 10.6 Å². The average molecular weight is 419 g/mol. The second kappa shape index (κ2) is 7.92. The lowest BCUT2D eigenvalue weighted by Crippen LogP contribution is -2.30. The lowest BCUT2D eigenvalue weighted by molar-refractivity contribution is -0.119. The van der Waals surface area contributed by atoms with Crippen molar-refractivity contribution in [3.8, 4) is 0 Å². The maximum Gasteiger partial charge on any atom is 0.263 e. The zero-order valence-electron chi connectivity index (χ0n) is 16.1. The van der Waals surface area contributed by atoms with Gasteiger partial charge in [0.05, 0.1) is 23.3 Å². The van der Waals surface area contributed by atoms with Gasteiger partial charge in [-0.2, -0.15) is 0 Å². The molecule has 1 saturated heterocycles. The Morgan fingerprint density at radius 1 is 1.07 bits per heavy atom. The largest absolute Gasteiger partial charge is 0.376 e. The van der Waals surface area contributed by atoms with Gasteiger partial charge in [0.15, 0.2) is 5.16 Å². The highest BCUT2D eigenvalue weighted by molar-refractivity contribution is 8.00. The summed E-state index contributed by atoms with van der Waals surface area (Å²) in [6, 6.07) is 0. The highest BCUT2D eigenvalue weighted by atomic mass is 32.2. The fourth-order valence-corrected chi connectivity index (χ4v) is 7.19. The van der Waals surface area contributed by atoms with Gasteiger partial charge in [-0.15, -0.1) is 11.3 Å². The summed E-state index contributed by atoms with van der Waals surface area (Å²) in [6.07, 6.45) is 10.1. The van der Waals surface area contributed by atoms with Crippen molar-refractivity contribution in [3.63, 3.8) is 0 Å². The van der Waals surface area contributed by atoms with Crippen molar-refractivity contribution >= 4 is 39.1 Å². The van der Waals surface area contributed by atoms with Gasteiger partial charge in [-0.1, -0.05) is 18.2 Å². The molecule has 150 valence electrons. The number of carbonyl (C=O) groups is 1. The molecule has 5 nitrogen and oxygen atoms in total. The quantitative estimate of drug-likeness (QED) is 0.699. The number of ether oxygens (including phenoxy) is 1. The summed E-state index contributed by atoms with van der Waals surface area (Å²) in [6.45, 7) is 1.32. The standard InChI is InChI=1S/C21H26N2O3S2/c24-15-8-2-4-10-17(15)28-21-22-19-18(14-7-1-3-9-16(14)27-19)20(25)23(21)12-13-6-5-11-26-13/h13,17H,1-12H2/t13-,17-/m0/s1. The van der Waals surface area contributed by atoms with Crippen LogP contribution in [0.25, 0.3) is 10.2 Å². The second-order valence-corrected chi connectivity index (χ2v) is 10.4. The average Bonchev–Trinajstić information content (AvgIpc) is 3.33. The summed E-state index contributed by atoms with van der Waals surface area (Å²) < 4.78 is 7.65. The molecule has 3 aliphatic rings. The molecule has 28 heavy (non-hydrogen) atoms. The van der Waals surface area contributed by atoms with Crippen molar-refractivity contribution in [2.45, 2.75) is 87.3 Å². The summed E-state index contributed by atoms with van der Waals surface area (Å²) in [5.41, 5.74) is 1.31. The van der Waals surface area contributed by atoms with Gasteiger partial charge < -0.3 is 4.74 Å². The van der Waals surface area contributed by atoms with Crippen LogP contribution in [-0.4, -0.2) is 33.3 Å². The Morgan fingerprint density at radius 3 is 2.75 bits per heavy atom. The molecule has 0 radical (unpaired) electrons. The SMILES string of the molecule is O=C1CCCC[C@@H]1Sc1nc2sc3c(c2c(=O)n1C[C@@H]1CCCO1)CCCC3. The number of rotatable bonds is 4. The lowest BCUT2D eigenvalue weighted by atomic mass is 9.97. The number of fused-ring (bicyclic) bond motifs is 3. The number of thiophene rings is 1. The van der Waals surface area contributed by atoms with E-state index in [0.717, 1.165) is 68.2 Å². The molecular weight excluding hydrogens is 392 g/mol. The highest BCUT2D eigenvalue weighted by Gasteiger charge is 2.29. The topological polar surface area (TPSA) is 61.2 Å². The van der Waals surface area contributed by atoms with E-state index in [4.69, 9.17) is 9.72 Å². The van der Waals surface area contributed by atoms with Crippen molar-refractivity contribution in [2.75, 3.05) is 6.61 Å². The normalized spacial score (nSPS) is 25.4. The smallest absolute Gasteiger partial charge is 0.263 e. The van der Waals surface area contributed by atoms with Crippen LogP contribution in [0.15, 0.2) is 9.95 Å². The highest BCUT2D eigenvalue weighted by Crippen LogP contribution is 2.36. The van der Waals surface area contributed by atoms with E-state index in [9.17, 15) is 9.59 Å². The first-order valence-electron chi connectivity index (χ1n) is 10.6. The van der Waals surface area contributed by atoms with E-state index in [1.807, 2.05) is 4.57 Å². The Hall–Kier alpha value is -1.18. The van der Waals surface area contributed by atoms with E-state index in [-0.39, 0.29) is 16.9 Å². The number of Topliss-reactive ketones (excluding diaryl/α,β-unsaturated/α-hetero) is 1. The van der Waals surface area contributed by atoms with E-state index < -0.39 is 0 Å². The molecule has 0 amide bonds. The Labute approximate surface area is 172 Å². The number of thioether (sulfide) groups is 1. The fraction of sp³-hybridized carbons (Fsp3) is 0.667. The second-order valence-electron chi connectivity index (χ2n) is 8.15. The molecule has 2 atom stereocenters. The van der Waals surface area contributed by atoms with Crippen molar-refractivity contribution in [1.29, 1.82) is 0 Å². The van der Waals surface area contributed by atoms with Crippen molar-refractivity contribution < 1.29 is 9.53 Å². The van der Waals surface area contributed by atoms with E-state index >= 15 is 0 Å². The Kier molecular flexibility index (Phi) is 5.32. The molecule has 2 aromatic rings. The van der Waals surface area contributed by atoms with Crippen molar-refractivity contribution in [2.24, 2.45) is 0 Å². The zero-order valence-corrected chi connectivity index (χ0v) is 17.7. The third kappa shape index (κ3) is 3.46. The summed E-state index contributed by atoms with van der Waals surface area (Å²) >= 11 is 3.20. The lowest BCUT2D eigenvalue weighted by Gasteiger charge is -2.22. The van der Waals surface area contributed by atoms with Crippen LogP contribution < -0.4 is 5.56 Å². The Bertz CT molecular complexity index is 959. The maximum absolute atomic E-state index is 13.6. The molecule has 0 unspecified atom stereocenters. The maximum atomic E-state index is 13.6. The molecule has 3 heterocycles. The summed E-state index contributed by atoms with van der Waals surface area (Å²) in [5, 5.41) is 1.48. The number of hydrogen-bond donors (Lipinski definition) is 0. The van der Waals surface area contributed by atoms with Gasteiger partial charge >= 0.3 is 0 Å². The predicted octanol–water partition coefficient (Wildman–Crippen LogP) is 4.12. The molecule has 2 fully saturated rings. The van der Waals surface area contributed by atoms with E-state index in [2.05, 4.69) is 0 Å². The molecule has 0 bridgehead atoms. The molecule has 2 aromatic heterocycles. The van der Waals surface area contributed by atoms with E-state index in [1.165, 1.54) is 28.6 Å². The number of ketones is 1. The molecule has 5 rings (SSSR count). The van der Waals surface area contributed by atoms with Crippen LogP contribution in [0.1, 0.15) is 61.8 Å². The van der Waals surface area contributed by atoms with E-state index in [1.54, 1.807) is 11.3 Å². The van der Waals surface area contributed by atoms with Crippen LogP contribution in [0.4, 0.5) is 0 Å². The van der Waals surface area contributed by atoms with Gasteiger partial charge in [-0.3, -0.25) is 14.2 Å². The minimum atomic E-state index is -0.0663. The minimum Gasteiger partial charge on any atom is -0.376 e. The van der Waals surface area contributed by atoms with Crippen LogP contribution in [0, 0.1) is 0 Å². The molecule has 0 N–H and O–H groups in total. The van der Waals surface area contributed by atoms with Crippen LogP contribution in [0.5, 0.6) is 0 Å². The van der Waals surface area contributed by atoms with Gasteiger partial charge in [0.25, 0.3) is 5.56 Å². The summed E-state index contributed by atoms with van der Waals surface area (Å²) in [4.78, 5) is 33.1. The van der Waals surface area contributed by atoms with Crippen molar-refractivity contribution in [3.05, 3.63) is 20.8 Å². The van der Waals surface area contributed by atoms with Crippen LogP contribution >= 0.6 is 23.1 Å². The van der Waals surface area contributed by atoms with Crippen LogP contribution in [0.2, 0.25) is 0 Å². The molecule has 7 heteroatoms. The van der Waals surface area contributed by atoms with Crippen molar-refractivity contribution in [1.82, 2.24) is 9.55 Å². The number of carbonyl (C=O) groups excluding carboxylic acids is 1. The first kappa shape index (κ1) is 18.8. The molecule has 1 aliphatic heterocycles. The predicted molar refractivity (Wildman–Crippen MR) is 113 cm³/mol. The Balaban J connectivity index is 1.59. The molecule has 0 spiro atoms. The van der Waals surface area contributed by atoms with Gasteiger partial charge in [0, 0.05) is 17.9 Å². The third-order valence-electron chi connectivity index (χ3n) is 6.20. The first-order valence-corrected chi connectivity index (χ1v) is 12.3. The van der Waals surface area contributed by atoms with Gasteiger partial charge in [-0.05, 0) is 56.9 Å². The molecule has 2 aliphatic carbocycles. The summed E-state index contributed by atoms with van der Waals surface area (Å²) in [7, 11) is 0. The number of aromatic nitrogens is 2. The molecular formula is C21H26N2O3S2. The number of hydrogen-bond acceptors (Lipinski definition) is 6. The van der Waals surface area contributed by atoms with Gasteiger partial charge in [-0.25, -0.2) is 4.98 Å². The third-order valence-corrected chi connectivity index (χ3v) is 8.69. The molecule has 0 aromatic carbocycles. The van der Waals surface area contributed by atoms with Gasteiger partial charge in [0.2, 0.25) is 0 Å². The fourth-order valence-electron chi connectivity index (χ4n) is 4.67. The monoisotopic (exact) mass is 418 g/mol. The minimum absolute atomic E-state index is 0.0663. The Morgan fingerprint density at radius 2 is 1.93 bits per heavy atom. The number of nitrogens with zero attached hydrogens (tertiary/aromatic N) is 2. The number of aryl methyl sites for hydroxylation is 2. The van der Waals surface area contributed by atoms with Crippen LogP contribution in [-0.2, 0) is 28.9 Å². The molecule has 1 saturated carbocycles. The first-order chi connectivity index (χ1) is 13.7. The van der Waals surface area contributed by atoms with Crippen LogP contribution in [0.3, 0.4) is 0 Å². The zero-order chi connectivity index (χ0) is 19.1.